The Morgan fingerprint density at radius 3 is 2.85 bits per heavy atom. The van der Waals surface area contributed by atoms with Gasteiger partial charge in [0, 0.05) is 11.4 Å². The number of hydrogen-bond acceptors (Lipinski definition) is 3. The summed E-state index contributed by atoms with van der Waals surface area (Å²) in [7, 11) is 0. The first-order valence-electron chi connectivity index (χ1n) is 7.17. The van der Waals surface area contributed by atoms with Crippen LogP contribution >= 0.6 is 11.3 Å². The molecule has 2 rings (SSSR count). The van der Waals surface area contributed by atoms with Crippen LogP contribution in [0.2, 0.25) is 0 Å². The summed E-state index contributed by atoms with van der Waals surface area (Å²) in [5.74, 6) is -1.01. The van der Waals surface area contributed by atoms with E-state index in [1.807, 2.05) is 13.0 Å². The number of aliphatic carboxylic acids is 1. The van der Waals surface area contributed by atoms with Crippen molar-refractivity contribution in [3.63, 3.8) is 0 Å². The quantitative estimate of drug-likeness (QED) is 0.928. The molecule has 0 spiro atoms. The summed E-state index contributed by atoms with van der Waals surface area (Å²) in [4.78, 5) is 27.2. The van der Waals surface area contributed by atoms with E-state index in [2.05, 4.69) is 6.92 Å². The third-order valence-electron chi connectivity index (χ3n) is 3.80. The first kappa shape index (κ1) is 15.0. The number of hydrogen-bond donors (Lipinski definition) is 1. The number of thiophene rings is 1. The third kappa shape index (κ3) is 3.03. The smallest absolute Gasteiger partial charge is 0.326 e. The lowest BCUT2D eigenvalue weighted by atomic mass is 10.0. The van der Waals surface area contributed by atoms with E-state index in [0.29, 0.717) is 17.8 Å². The average Bonchev–Trinajstić information content (AvgIpc) is 2.80. The highest BCUT2D eigenvalue weighted by Gasteiger charge is 2.33. The lowest BCUT2D eigenvalue weighted by molar-refractivity contribution is -0.143. The zero-order valence-corrected chi connectivity index (χ0v) is 12.8. The first-order valence-corrected chi connectivity index (χ1v) is 7.99. The van der Waals surface area contributed by atoms with Gasteiger partial charge in [0.25, 0.3) is 5.91 Å². The molecule has 1 unspecified atom stereocenters. The summed E-state index contributed by atoms with van der Waals surface area (Å²) in [5, 5.41) is 9.26. The molecule has 1 atom stereocenters. The summed E-state index contributed by atoms with van der Waals surface area (Å²) >= 11 is 1.49. The lowest BCUT2D eigenvalue weighted by Crippen LogP contribution is -2.47. The largest absolute Gasteiger partial charge is 0.480 e. The van der Waals surface area contributed by atoms with E-state index in [9.17, 15) is 14.7 Å². The zero-order valence-electron chi connectivity index (χ0n) is 12.0. The topological polar surface area (TPSA) is 57.6 Å². The van der Waals surface area contributed by atoms with E-state index >= 15 is 0 Å². The van der Waals surface area contributed by atoms with Gasteiger partial charge in [0.05, 0.1) is 4.88 Å². The molecular formula is C15H21NO3S. The van der Waals surface area contributed by atoms with Crippen LogP contribution < -0.4 is 0 Å². The van der Waals surface area contributed by atoms with E-state index in [1.165, 1.54) is 26.7 Å². The fourth-order valence-electron chi connectivity index (χ4n) is 2.72. The molecule has 4 nitrogen and oxygen atoms in total. The van der Waals surface area contributed by atoms with Crippen LogP contribution in [0.1, 0.15) is 52.7 Å². The van der Waals surface area contributed by atoms with Gasteiger partial charge in [-0.3, -0.25) is 4.79 Å². The molecule has 0 aromatic carbocycles. The molecule has 1 N–H and O–H groups in total. The van der Waals surface area contributed by atoms with Gasteiger partial charge >= 0.3 is 5.97 Å². The summed E-state index contributed by atoms with van der Waals surface area (Å²) in [6.45, 7) is 4.69. The summed E-state index contributed by atoms with van der Waals surface area (Å²) < 4.78 is 0. The molecule has 1 aromatic rings. The van der Waals surface area contributed by atoms with Crippen LogP contribution in [-0.4, -0.2) is 34.5 Å². The highest BCUT2D eigenvalue weighted by atomic mass is 32.1. The van der Waals surface area contributed by atoms with E-state index < -0.39 is 12.0 Å². The Morgan fingerprint density at radius 1 is 1.45 bits per heavy atom. The van der Waals surface area contributed by atoms with Crippen molar-refractivity contribution >= 4 is 23.2 Å². The molecule has 0 radical (unpaired) electrons. The molecule has 1 aromatic heterocycles. The predicted molar refractivity (Wildman–Crippen MR) is 79.4 cm³/mol. The fourth-order valence-corrected chi connectivity index (χ4v) is 3.74. The Morgan fingerprint density at radius 2 is 2.20 bits per heavy atom. The zero-order chi connectivity index (χ0) is 14.7. The monoisotopic (exact) mass is 295 g/mol. The van der Waals surface area contributed by atoms with Gasteiger partial charge < -0.3 is 10.0 Å². The van der Waals surface area contributed by atoms with Gasteiger partial charge in [-0.2, -0.15) is 0 Å². The van der Waals surface area contributed by atoms with Gasteiger partial charge in [-0.05, 0) is 44.2 Å². The number of likely N-dealkylation sites (tertiary alicyclic amines) is 1. The van der Waals surface area contributed by atoms with Crippen LogP contribution in [0.5, 0.6) is 0 Å². The Kier molecular flexibility index (Phi) is 4.81. The Labute approximate surface area is 123 Å². The number of carboxylic acid groups (broad SMARTS) is 1. The van der Waals surface area contributed by atoms with Crippen LogP contribution in [0.15, 0.2) is 6.07 Å². The van der Waals surface area contributed by atoms with Crippen molar-refractivity contribution in [1.82, 2.24) is 4.90 Å². The number of rotatable bonds is 4. The molecule has 1 aliphatic rings. The van der Waals surface area contributed by atoms with Crippen molar-refractivity contribution in [2.24, 2.45) is 0 Å². The minimum absolute atomic E-state index is 0.118. The molecule has 110 valence electrons. The minimum Gasteiger partial charge on any atom is -0.480 e. The molecule has 2 heterocycles. The molecule has 1 amide bonds. The number of nitrogens with zero attached hydrogens (tertiary/aromatic N) is 1. The van der Waals surface area contributed by atoms with Crippen molar-refractivity contribution in [3.05, 3.63) is 21.4 Å². The minimum atomic E-state index is -0.889. The summed E-state index contributed by atoms with van der Waals surface area (Å²) in [6.07, 6.45) is 4.35. The first-order chi connectivity index (χ1) is 9.54. The highest BCUT2D eigenvalue weighted by molar-refractivity contribution is 7.14. The second-order valence-corrected chi connectivity index (χ2v) is 6.55. The molecule has 1 aliphatic heterocycles. The third-order valence-corrected chi connectivity index (χ3v) is 4.88. The molecular weight excluding hydrogens is 274 g/mol. The number of piperidine rings is 1. The number of amides is 1. The summed E-state index contributed by atoms with van der Waals surface area (Å²) in [6, 6.07) is 1.28. The molecule has 0 aliphatic carbocycles. The fraction of sp³-hybridized carbons (Fsp3) is 0.600. The van der Waals surface area contributed by atoms with Crippen LogP contribution in [0.25, 0.3) is 0 Å². The second-order valence-electron chi connectivity index (χ2n) is 5.29. The average molecular weight is 295 g/mol. The van der Waals surface area contributed by atoms with Crippen molar-refractivity contribution in [2.45, 2.75) is 52.0 Å². The van der Waals surface area contributed by atoms with Crippen LogP contribution in [0.3, 0.4) is 0 Å². The van der Waals surface area contributed by atoms with Gasteiger partial charge in [-0.15, -0.1) is 11.3 Å². The van der Waals surface area contributed by atoms with Crippen LogP contribution in [0, 0.1) is 6.92 Å². The molecule has 0 bridgehead atoms. The van der Waals surface area contributed by atoms with Crippen molar-refractivity contribution in [1.29, 1.82) is 0 Å². The number of carbonyl (C=O) groups excluding carboxylic acids is 1. The SMILES string of the molecule is CCCc1cc(C(=O)N2CCCCC2C(=O)O)sc1C. The van der Waals surface area contributed by atoms with E-state index in [1.54, 1.807) is 0 Å². The van der Waals surface area contributed by atoms with E-state index in [0.717, 1.165) is 25.7 Å². The highest BCUT2D eigenvalue weighted by Crippen LogP contribution is 2.27. The maximum atomic E-state index is 12.6. The van der Waals surface area contributed by atoms with Gasteiger partial charge in [-0.25, -0.2) is 4.79 Å². The normalized spacial score (nSPS) is 19.1. The Balaban J connectivity index is 2.20. The van der Waals surface area contributed by atoms with Gasteiger partial charge in [0.1, 0.15) is 6.04 Å². The molecule has 5 heteroatoms. The van der Waals surface area contributed by atoms with Crippen molar-refractivity contribution in [2.75, 3.05) is 6.54 Å². The number of carbonyl (C=O) groups is 2. The van der Waals surface area contributed by atoms with Crippen LogP contribution in [-0.2, 0) is 11.2 Å². The number of aryl methyl sites for hydroxylation is 2. The Hall–Kier alpha value is -1.36. The van der Waals surface area contributed by atoms with Gasteiger partial charge in [0.15, 0.2) is 0 Å². The predicted octanol–water partition coefficient (Wildman–Crippen LogP) is 3.09. The van der Waals surface area contributed by atoms with E-state index in [4.69, 9.17) is 0 Å². The van der Waals surface area contributed by atoms with Crippen molar-refractivity contribution in [3.8, 4) is 0 Å². The van der Waals surface area contributed by atoms with E-state index in [-0.39, 0.29) is 5.91 Å². The van der Waals surface area contributed by atoms with Crippen molar-refractivity contribution < 1.29 is 14.7 Å². The number of carboxylic acids is 1. The maximum absolute atomic E-state index is 12.6. The Bertz CT molecular complexity index is 509. The molecule has 1 saturated heterocycles. The molecule has 20 heavy (non-hydrogen) atoms. The van der Waals surface area contributed by atoms with Gasteiger partial charge in [0.2, 0.25) is 0 Å². The standard InChI is InChI=1S/C15H21NO3S/c1-3-6-11-9-13(20-10(11)2)14(17)16-8-5-4-7-12(16)15(18)19/h9,12H,3-8H2,1-2H3,(H,18,19). The summed E-state index contributed by atoms with van der Waals surface area (Å²) in [5.41, 5.74) is 1.21. The second kappa shape index (κ2) is 6.39. The van der Waals surface area contributed by atoms with Crippen LogP contribution in [0.4, 0.5) is 0 Å². The molecule has 1 fully saturated rings. The lowest BCUT2D eigenvalue weighted by Gasteiger charge is -2.32. The maximum Gasteiger partial charge on any atom is 0.326 e. The molecule has 0 saturated carbocycles. The van der Waals surface area contributed by atoms with Gasteiger partial charge in [-0.1, -0.05) is 13.3 Å².